The summed E-state index contributed by atoms with van der Waals surface area (Å²) in [6.45, 7) is 0. The monoisotopic (exact) mass is 612 g/mol. The van der Waals surface area contributed by atoms with Gasteiger partial charge < -0.3 is 9.47 Å². The van der Waals surface area contributed by atoms with E-state index >= 15 is 0 Å². The topological polar surface area (TPSA) is 8.17 Å². The highest BCUT2D eigenvalue weighted by molar-refractivity contribution is 6.14. The summed E-state index contributed by atoms with van der Waals surface area (Å²) in [5, 5.41) is 4.96. The van der Waals surface area contributed by atoms with Gasteiger partial charge in [-0.3, -0.25) is 0 Å². The second-order valence-corrected chi connectivity index (χ2v) is 12.3. The van der Waals surface area contributed by atoms with Crippen molar-refractivity contribution in [2.45, 2.75) is 0 Å². The largest absolute Gasteiger partial charge is 0.310 e. The molecule has 48 heavy (non-hydrogen) atoms. The average Bonchev–Trinajstić information content (AvgIpc) is 3.48. The van der Waals surface area contributed by atoms with Crippen LogP contribution in [0.25, 0.3) is 60.5 Å². The molecule has 0 bridgehead atoms. The van der Waals surface area contributed by atoms with Gasteiger partial charge in [-0.15, -0.1) is 0 Å². The van der Waals surface area contributed by atoms with E-state index in [0.717, 1.165) is 22.7 Å². The molecule has 0 amide bonds. The van der Waals surface area contributed by atoms with Gasteiger partial charge in [-0.05, 0) is 93.7 Å². The van der Waals surface area contributed by atoms with Crippen LogP contribution in [0.15, 0.2) is 194 Å². The first-order valence-corrected chi connectivity index (χ1v) is 16.4. The zero-order chi connectivity index (χ0) is 31.9. The maximum atomic E-state index is 2.44. The molecule has 0 spiro atoms. The van der Waals surface area contributed by atoms with Crippen LogP contribution in [-0.2, 0) is 0 Å². The van der Waals surface area contributed by atoms with E-state index in [9.17, 15) is 0 Å². The Balaban J connectivity index is 1.27. The van der Waals surface area contributed by atoms with Crippen molar-refractivity contribution < 1.29 is 0 Å². The number of aromatic nitrogens is 1. The van der Waals surface area contributed by atoms with Crippen molar-refractivity contribution in [3.05, 3.63) is 194 Å². The molecule has 1 heterocycles. The van der Waals surface area contributed by atoms with Gasteiger partial charge in [0.2, 0.25) is 0 Å². The highest BCUT2D eigenvalue weighted by Gasteiger charge is 2.18. The minimum Gasteiger partial charge on any atom is -0.310 e. The Labute approximate surface area is 280 Å². The lowest BCUT2D eigenvalue weighted by Gasteiger charge is -2.26. The first kappa shape index (κ1) is 27.9. The standard InChI is InChI=1S/C46H32N2/c1-4-13-33(14-5-1)35-23-25-40(26-24-35)47(39-20-8-3-9-21-39)42-27-28-43-44-30-37-17-10-11-18-38(37)31-45(44)48(46(43)32-42)41-22-12-19-36(29-41)34-15-6-2-7-16-34/h1-32H. The fourth-order valence-electron chi connectivity index (χ4n) is 7.02. The lowest BCUT2D eigenvalue weighted by atomic mass is 10.0. The van der Waals surface area contributed by atoms with Crippen LogP contribution < -0.4 is 4.90 Å². The maximum absolute atomic E-state index is 2.44. The zero-order valence-electron chi connectivity index (χ0n) is 26.4. The Morgan fingerprint density at radius 2 is 0.833 bits per heavy atom. The maximum Gasteiger partial charge on any atom is 0.0561 e. The number of nitrogens with zero attached hydrogens (tertiary/aromatic N) is 2. The van der Waals surface area contributed by atoms with Crippen LogP contribution in [-0.4, -0.2) is 4.57 Å². The summed E-state index contributed by atoms with van der Waals surface area (Å²) in [4.78, 5) is 2.35. The molecule has 226 valence electrons. The minimum atomic E-state index is 1.11. The first-order valence-electron chi connectivity index (χ1n) is 16.4. The normalized spacial score (nSPS) is 11.3. The molecule has 2 heteroatoms. The van der Waals surface area contributed by atoms with E-state index in [0.29, 0.717) is 0 Å². The van der Waals surface area contributed by atoms with E-state index in [-0.39, 0.29) is 0 Å². The van der Waals surface area contributed by atoms with Crippen LogP contribution in [0.2, 0.25) is 0 Å². The number of rotatable bonds is 6. The zero-order valence-corrected chi connectivity index (χ0v) is 26.4. The van der Waals surface area contributed by atoms with Gasteiger partial charge in [0.1, 0.15) is 0 Å². The van der Waals surface area contributed by atoms with Crippen molar-refractivity contribution in [3.8, 4) is 27.9 Å². The smallest absolute Gasteiger partial charge is 0.0561 e. The summed E-state index contributed by atoms with van der Waals surface area (Å²) in [7, 11) is 0. The van der Waals surface area contributed by atoms with Gasteiger partial charge in [0.15, 0.2) is 0 Å². The van der Waals surface area contributed by atoms with Crippen molar-refractivity contribution in [2.24, 2.45) is 0 Å². The van der Waals surface area contributed by atoms with Gasteiger partial charge in [0.25, 0.3) is 0 Å². The van der Waals surface area contributed by atoms with Gasteiger partial charge in [-0.1, -0.05) is 133 Å². The Bertz CT molecular complexity index is 2530. The number of benzene rings is 8. The van der Waals surface area contributed by atoms with Crippen LogP contribution in [0, 0.1) is 0 Å². The van der Waals surface area contributed by atoms with Crippen molar-refractivity contribution in [1.29, 1.82) is 0 Å². The van der Waals surface area contributed by atoms with Crippen LogP contribution >= 0.6 is 0 Å². The highest BCUT2D eigenvalue weighted by Crippen LogP contribution is 2.41. The van der Waals surface area contributed by atoms with E-state index in [2.05, 4.69) is 204 Å². The molecule has 0 radical (unpaired) electrons. The summed E-state index contributed by atoms with van der Waals surface area (Å²) in [5.41, 5.74) is 11.7. The Kier molecular flexibility index (Phi) is 6.84. The molecule has 8 aromatic carbocycles. The molecular formula is C46H32N2. The van der Waals surface area contributed by atoms with Gasteiger partial charge in [0.05, 0.1) is 11.0 Å². The summed E-state index contributed by atoms with van der Waals surface area (Å²) in [6, 6.07) is 69.9. The fourth-order valence-corrected chi connectivity index (χ4v) is 7.02. The molecule has 9 aromatic rings. The van der Waals surface area contributed by atoms with E-state index in [4.69, 9.17) is 0 Å². The molecule has 1 aromatic heterocycles. The number of anilines is 3. The summed E-state index contributed by atoms with van der Waals surface area (Å²) >= 11 is 0. The van der Waals surface area contributed by atoms with Gasteiger partial charge in [0, 0.05) is 33.5 Å². The van der Waals surface area contributed by atoms with Crippen LogP contribution in [0.1, 0.15) is 0 Å². The molecule has 0 unspecified atom stereocenters. The van der Waals surface area contributed by atoms with E-state index in [1.54, 1.807) is 0 Å². The number of fused-ring (bicyclic) bond motifs is 4. The van der Waals surface area contributed by atoms with Gasteiger partial charge >= 0.3 is 0 Å². The third-order valence-corrected chi connectivity index (χ3v) is 9.33. The summed E-state index contributed by atoms with van der Waals surface area (Å²) in [6.07, 6.45) is 0. The van der Waals surface area contributed by atoms with Gasteiger partial charge in [-0.25, -0.2) is 0 Å². The number of hydrogen-bond donors (Lipinski definition) is 0. The van der Waals surface area contributed by atoms with Crippen LogP contribution in [0.4, 0.5) is 17.1 Å². The number of hydrogen-bond acceptors (Lipinski definition) is 1. The second-order valence-electron chi connectivity index (χ2n) is 12.3. The Morgan fingerprint density at radius 1 is 0.312 bits per heavy atom. The van der Waals surface area contributed by atoms with Crippen LogP contribution in [0.5, 0.6) is 0 Å². The minimum absolute atomic E-state index is 1.11. The fraction of sp³-hybridized carbons (Fsp3) is 0. The molecule has 0 N–H and O–H groups in total. The lowest BCUT2D eigenvalue weighted by Crippen LogP contribution is -2.10. The predicted octanol–water partition coefficient (Wildman–Crippen LogP) is 12.7. The van der Waals surface area contributed by atoms with Gasteiger partial charge in [-0.2, -0.15) is 0 Å². The Hall–Kier alpha value is -6.38. The van der Waals surface area contributed by atoms with Crippen LogP contribution in [0.3, 0.4) is 0 Å². The Morgan fingerprint density at radius 3 is 1.54 bits per heavy atom. The third-order valence-electron chi connectivity index (χ3n) is 9.33. The molecule has 0 aliphatic heterocycles. The molecule has 0 saturated heterocycles. The highest BCUT2D eigenvalue weighted by atomic mass is 15.1. The first-order chi connectivity index (χ1) is 23.8. The molecule has 0 saturated carbocycles. The molecule has 0 fully saturated rings. The quantitative estimate of drug-likeness (QED) is 0.181. The molecular weight excluding hydrogens is 581 g/mol. The van der Waals surface area contributed by atoms with E-state index in [1.165, 1.54) is 54.8 Å². The lowest BCUT2D eigenvalue weighted by molar-refractivity contribution is 1.18. The summed E-state index contributed by atoms with van der Waals surface area (Å²) in [5.74, 6) is 0. The van der Waals surface area contributed by atoms with Crippen molar-refractivity contribution in [3.63, 3.8) is 0 Å². The van der Waals surface area contributed by atoms with Crippen molar-refractivity contribution in [2.75, 3.05) is 4.90 Å². The number of para-hydroxylation sites is 1. The molecule has 0 aliphatic carbocycles. The molecule has 9 rings (SSSR count). The van der Waals surface area contributed by atoms with Crippen molar-refractivity contribution >= 4 is 49.6 Å². The molecule has 0 aliphatic rings. The SMILES string of the molecule is c1ccc(-c2ccc(N(c3ccccc3)c3ccc4c5cc6ccccc6cc5n(-c5cccc(-c6ccccc6)c5)c4c3)cc2)cc1. The average molecular weight is 613 g/mol. The predicted molar refractivity (Wildman–Crippen MR) is 204 cm³/mol. The third kappa shape index (κ3) is 4.92. The van der Waals surface area contributed by atoms with E-state index in [1.807, 2.05) is 0 Å². The summed E-state index contributed by atoms with van der Waals surface area (Å²) < 4.78 is 2.44. The van der Waals surface area contributed by atoms with E-state index < -0.39 is 0 Å². The molecule has 0 atom stereocenters. The van der Waals surface area contributed by atoms with Crippen molar-refractivity contribution in [1.82, 2.24) is 4.57 Å². The second kappa shape index (κ2) is 11.8. The molecule has 2 nitrogen and oxygen atoms in total.